The predicted molar refractivity (Wildman–Crippen MR) is 80.1 cm³/mol. The fraction of sp³-hybridized carbons (Fsp3) is 0.714. The van der Waals surface area contributed by atoms with Gasteiger partial charge in [0.2, 0.25) is 0 Å². The van der Waals surface area contributed by atoms with Gasteiger partial charge in [0.15, 0.2) is 0 Å². The zero-order valence-corrected chi connectivity index (χ0v) is 13.0. The fourth-order valence-electron chi connectivity index (χ4n) is 2.54. The standard InChI is InChI=1S/C14H23N3O2S/c1-11-7-17(8-12(2)19-11)6-4-3-5-15-14(18)13-9-20-10-16-13/h9-12H,3-8H2,1-2H3,(H,15,18)/t11-,12-/m1/s1. The van der Waals surface area contributed by atoms with E-state index in [9.17, 15) is 4.79 Å². The van der Waals surface area contributed by atoms with Gasteiger partial charge in [-0.25, -0.2) is 4.98 Å². The molecule has 1 aliphatic heterocycles. The van der Waals surface area contributed by atoms with E-state index >= 15 is 0 Å². The second kappa shape index (κ2) is 7.71. The highest BCUT2D eigenvalue weighted by molar-refractivity contribution is 7.07. The Bertz CT molecular complexity index is 401. The van der Waals surface area contributed by atoms with Crippen molar-refractivity contribution in [2.75, 3.05) is 26.2 Å². The zero-order valence-electron chi connectivity index (χ0n) is 12.2. The number of nitrogens with zero attached hydrogens (tertiary/aromatic N) is 2. The van der Waals surface area contributed by atoms with Crippen molar-refractivity contribution in [1.29, 1.82) is 0 Å². The first-order valence-corrected chi connectivity index (χ1v) is 8.13. The van der Waals surface area contributed by atoms with Gasteiger partial charge in [0.1, 0.15) is 5.69 Å². The molecule has 1 N–H and O–H groups in total. The molecule has 2 atom stereocenters. The number of nitrogens with one attached hydrogen (secondary N) is 1. The molecule has 0 radical (unpaired) electrons. The van der Waals surface area contributed by atoms with Crippen LogP contribution in [-0.4, -0.2) is 54.2 Å². The third-order valence-electron chi connectivity index (χ3n) is 3.35. The molecule has 2 rings (SSSR count). The number of aromatic nitrogens is 1. The van der Waals surface area contributed by atoms with Crippen LogP contribution in [0.25, 0.3) is 0 Å². The Morgan fingerprint density at radius 2 is 2.20 bits per heavy atom. The summed E-state index contributed by atoms with van der Waals surface area (Å²) in [6.45, 7) is 8.05. The van der Waals surface area contributed by atoms with Crippen molar-refractivity contribution >= 4 is 17.2 Å². The van der Waals surface area contributed by atoms with Crippen molar-refractivity contribution < 1.29 is 9.53 Å². The topological polar surface area (TPSA) is 54.5 Å². The van der Waals surface area contributed by atoms with Crippen molar-refractivity contribution in [2.24, 2.45) is 0 Å². The Morgan fingerprint density at radius 1 is 1.45 bits per heavy atom. The van der Waals surface area contributed by atoms with Crippen LogP contribution >= 0.6 is 11.3 Å². The molecule has 0 aromatic carbocycles. The minimum Gasteiger partial charge on any atom is -0.373 e. The molecule has 0 saturated carbocycles. The number of unbranched alkanes of at least 4 members (excludes halogenated alkanes) is 1. The molecule has 1 saturated heterocycles. The normalized spacial score (nSPS) is 23.7. The zero-order chi connectivity index (χ0) is 14.4. The molecule has 20 heavy (non-hydrogen) atoms. The highest BCUT2D eigenvalue weighted by Crippen LogP contribution is 2.11. The van der Waals surface area contributed by atoms with Crippen LogP contribution in [0.5, 0.6) is 0 Å². The van der Waals surface area contributed by atoms with Gasteiger partial charge in [-0.3, -0.25) is 9.69 Å². The number of carbonyl (C=O) groups excluding carboxylic acids is 1. The van der Waals surface area contributed by atoms with Crippen LogP contribution in [0, 0.1) is 0 Å². The molecule has 6 heteroatoms. The maximum absolute atomic E-state index is 11.7. The number of hydrogen-bond donors (Lipinski definition) is 1. The molecule has 112 valence electrons. The first-order chi connectivity index (χ1) is 9.65. The average Bonchev–Trinajstić information content (AvgIpc) is 2.90. The Morgan fingerprint density at radius 3 is 2.85 bits per heavy atom. The lowest BCUT2D eigenvalue weighted by Gasteiger charge is -2.35. The van der Waals surface area contributed by atoms with Gasteiger partial charge in [-0.05, 0) is 33.2 Å². The minimum absolute atomic E-state index is 0.0696. The quantitative estimate of drug-likeness (QED) is 0.813. The number of hydrogen-bond acceptors (Lipinski definition) is 5. The molecule has 5 nitrogen and oxygen atoms in total. The fourth-order valence-corrected chi connectivity index (χ4v) is 3.08. The van der Waals surface area contributed by atoms with Crippen molar-refractivity contribution in [3.05, 3.63) is 16.6 Å². The summed E-state index contributed by atoms with van der Waals surface area (Å²) in [5.74, 6) is -0.0696. The van der Waals surface area contributed by atoms with E-state index in [2.05, 4.69) is 29.0 Å². The minimum atomic E-state index is -0.0696. The van der Waals surface area contributed by atoms with Crippen LogP contribution in [0.4, 0.5) is 0 Å². The lowest BCUT2D eigenvalue weighted by atomic mass is 10.2. The number of amides is 1. The molecule has 1 amide bonds. The molecular formula is C14H23N3O2S. The van der Waals surface area contributed by atoms with Gasteiger partial charge in [0.25, 0.3) is 5.91 Å². The highest BCUT2D eigenvalue weighted by Gasteiger charge is 2.21. The SMILES string of the molecule is C[C@@H]1CN(CCCCNC(=O)c2cscn2)C[C@@H](C)O1. The van der Waals surface area contributed by atoms with Gasteiger partial charge >= 0.3 is 0 Å². The summed E-state index contributed by atoms with van der Waals surface area (Å²) in [5.41, 5.74) is 2.20. The van der Waals surface area contributed by atoms with E-state index in [0.29, 0.717) is 24.4 Å². The Labute approximate surface area is 124 Å². The van der Waals surface area contributed by atoms with E-state index in [4.69, 9.17) is 4.74 Å². The van der Waals surface area contributed by atoms with Gasteiger partial charge in [0, 0.05) is 25.0 Å². The largest absolute Gasteiger partial charge is 0.373 e. The third kappa shape index (κ3) is 4.85. The van der Waals surface area contributed by atoms with Crippen molar-refractivity contribution in [3.63, 3.8) is 0 Å². The third-order valence-corrected chi connectivity index (χ3v) is 3.93. The summed E-state index contributed by atoms with van der Waals surface area (Å²) in [7, 11) is 0. The van der Waals surface area contributed by atoms with E-state index in [1.165, 1.54) is 11.3 Å². The van der Waals surface area contributed by atoms with Crippen molar-refractivity contribution in [2.45, 2.75) is 38.9 Å². The van der Waals surface area contributed by atoms with E-state index in [1.54, 1.807) is 10.9 Å². The summed E-state index contributed by atoms with van der Waals surface area (Å²) in [5, 5.41) is 4.67. The highest BCUT2D eigenvalue weighted by atomic mass is 32.1. The second-order valence-electron chi connectivity index (χ2n) is 5.35. The Balaban J connectivity index is 1.56. The van der Waals surface area contributed by atoms with Crippen LogP contribution < -0.4 is 5.32 Å². The molecule has 1 aliphatic rings. The Kier molecular flexibility index (Phi) is 5.94. The van der Waals surface area contributed by atoms with Gasteiger partial charge < -0.3 is 10.1 Å². The van der Waals surface area contributed by atoms with E-state index in [1.807, 2.05) is 0 Å². The van der Waals surface area contributed by atoms with Gasteiger partial charge in [-0.2, -0.15) is 0 Å². The molecule has 2 heterocycles. The lowest BCUT2D eigenvalue weighted by Crippen LogP contribution is -2.45. The smallest absolute Gasteiger partial charge is 0.270 e. The van der Waals surface area contributed by atoms with E-state index < -0.39 is 0 Å². The maximum atomic E-state index is 11.7. The molecule has 1 aromatic heterocycles. The number of morpholine rings is 1. The molecular weight excluding hydrogens is 274 g/mol. The number of thiazole rings is 1. The molecule has 0 aliphatic carbocycles. The summed E-state index contributed by atoms with van der Waals surface area (Å²) in [6.07, 6.45) is 2.73. The number of rotatable bonds is 6. The van der Waals surface area contributed by atoms with Crippen LogP contribution in [0.3, 0.4) is 0 Å². The summed E-state index contributed by atoms with van der Waals surface area (Å²) in [4.78, 5) is 18.1. The first kappa shape index (κ1) is 15.4. The van der Waals surface area contributed by atoms with E-state index in [0.717, 1.165) is 32.5 Å². The number of carbonyl (C=O) groups is 1. The van der Waals surface area contributed by atoms with Crippen LogP contribution in [-0.2, 0) is 4.74 Å². The number of ether oxygens (including phenoxy) is 1. The molecule has 0 spiro atoms. The van der Waals surface area contributed by atoms with Gasteiger partial charge in [-0.15, -0.1) is 11.3 Å². The molecule has 1 fully saturated rings. The average molecular weight is 297 g/mol. The van der Waals surface area contributed by atoms with Gasteiger partial charge in [0.05, 0.1) is 17.7 Å². The van der Waals surface area contributed by atoms with Crippen LogP contribution in [0.1, 0.15) is 37.2 Å². The lowest BCUT2D eigenvalue weighted by molar-refractivity contribution is -0.0681. The van der Waals surface area contributed by atoms with Crippen molar-refractivity contribution in [1.82, 2.24) is 15.2 Å². The molecule has 0 bridgehead atoms. The first-order valence-electron chi connectivity index (χ1n) is 7.19. The molecule has 1 aromatic rings. The predicted octanol–water partition coefficient (Wildman–Crippen LogP) is 1.76. The second-order valence-corrected chi connectivity index (χ2v) is 6.07. The van der Waals surface area contributed by atoms with Crippen LogP contribution in [0.15, 0.2) is 10.9 Å². The monoisotopic (exact) mass is 297 g/mol. The molecule has 0 unspecified atom stereocenters. The van der Waals surface area contributed by atoms with Gasteiger partial charge in [-0.1, -0.05) is 0 Å². The summed E-state index contributed by atoms with van der Waals surface area (Å²) < 4.78 is 5.71. The maximum Gasteiger partial charge on any atom is 0.270 e. The van der Waals surface area contributed by atoms with Crippen molar-refractivity contribution in [3.8, 4) is 0 Å². The summed E-state index contributed by atoms with van der Waals surface area (Å²) >= 11 is 1.44. The summed E-state index contributed by atoms with van der Waals surface area (Å²) in [6, 6.07) is 0. The van der Waals surface area contributed by atoms with E-state index in [-0.39, 0.29) is 5.91 Å². The Hall–Kier alpha value is -0.980. The van der Waals surface area contributed by atoms with Crippen LogP contribution in [0.2, 0.25) is 0 Å².